The Kier molecular flexibility index (Phi) is 6.41. The van der Waals surface area contributed by atoms with Crippen molar-refractivity contribution in [1.29, 1.82) is 5.41 Å². The molecule has 4 aromatic rings. The van der Waals surface area contributed by atoms with E-state index in [1.54, 1.807) is 36.1 Å². The normalized spacial score (nSPS) is 14.9. The molecule has 0 saturated carbocycles. The minimum Gasteiger partial charge on any atom is -0.398 e. The van der Waals surface area contributed by atoms with Gasteiger partial charge in [0, 0.05) is 59.4 Å². The first-order valence-electron chi connectivity index (χ1n) is 11.7. The van der Waals surface area contributed by atoms with E-state index >= 15 is 0 Å². The van der Waals surface area contributed by atoms with Gasteiger partial charge in [0.15, 0.2) is 0 Å². The van der Waals surface area contributed by atoms with Crippen LogP contribution in [-0.4, -0.2) is 38.5 Å². The van der Waals surface area contributed by atoms with Crippen LogP contribution in [0.5, 0.6) is 0 Å². The highest BCUT2D eigenvalue weighted by atomic mass is 32.1. The molecule has 1 unspecified atom stereocenters. The van der Waals surface area contributed by atoms with Crippen molar-refractivity contribution in [3.05, 3.63) is 70.6 Å². The van der Waals surface area contributed by atoms with Crippen LogP contribution in [0.1, 0.15) is 34.9 Å². The summed E-state index contributed by atoms with van der Waals surface area (Å²) in [7, 11) is 0. The van der Waals surface area contributed by atoms with Crippen molar-refractivity contribution in [2.75, 3.05) is 17.6 Å². The Morgan fingerprint density at radius 2 is 2.11 bits per heavy atom. The molecular weight excluding hydrogens is 458 g/mol. The molecule has 5 rings (SSSR count). The number of nitrogens with two attached hydrogens (primary N) is 1. The third-order valence-electron chi connectivity index (χ3n) is 6.52. The highest BCUT2D eigenvalue weighted by molar-refractivity contribution is 7.19. The van der Waals surface area contributed by atoms with E-state index in [4.69, 9.17) is 11.1 Å². The lowest BCUT2D eigenvalue weighted by Gasteiger charge is -2.28. The molecule has 0 fully saturated rings. The SMILES string of the molecule is CCN(Cc1ccncc1)C(=O)C1CCc2c(sc3ncnc(Nc4ccc(N)c(C=N)c4)c23)C1. The van der Waals surface area contributed by atoms with Crippen molar-refractivity contribution in [2.24, 2.45) is 5.92 Å². The first-order chi connectivity index (χ1) is 17.1. The minimum atomic E-state index is -0.0334. The zero-order valence-corrected chi connectivity index (χ0v) is 20.3. The van der Waals surface area contributed by atoms with E-state index in [1.165, 1.54) is 16.7 Å². The predicted octanol–water partition coefficient (Wildman–Crippen LogP) is 4.56. The number of nitrogens with zero attached hydrogens (tertiary/aromatic N) is 4. The number of hydrogen-bond donors (Lipinski definition) is 3. The third-order valence-corrected chi connectivity index (χ3v) is 7.68. The molecule has 0 radical (unpaired) electrons. The maximum atomic E-state index is 13.4. The second-order valence-electron chi connectivity index (χ2n) is 8.67. The molecule has 1 atom stereocenters. The Bertz CT molecular complexity index is 1390. The summed E-state index contributed by atoms with van der Waals surface area (Å²) in [5.41, 5.74) is 10.3. The summed E-state index contributed by atoms with van der Waals surface area (Å²) in [5.74, 6) is 0.915. The molecule has 0 bridgehead atoms. The van der Waals surface area contributed by atoms with Crippen LogP contribution in [0.15, 0.2) is 49.1 Å². The molecule has 0 aliphatic heterocycles. The number of nitrogen functional groups attached to an aromatic ring is 1. The summed E-state index contributed by atoms with van der Waals surface area (Å²) in [5, 5.41) is 12.0. The van der Waals surface area contributed by atoms with Gasteiger partial charge in [-0.05, 0) is 67.6 Å². The van der Waals surface area contributed by atoms with Crippen LogP contribution in [0.2, 0.25) is 0 Å². The van der Waals surface area contributed by atoms with Crippen LogP contribution in [0.3, 0.4) is 0 Å². The van der Waals surface area contributed by atoms with E-state index in [1.807, 2.05) is 36.1 Å². The van der Waals surface area contributed by atoms with Gasteiger partial charge in [-0.15, -0.1) is 11.3 Å². The Morgan fingerprint density at radius 1 is 1.29 bits per heavy atom. The predicted molar refractivity (Wildman–Crippen MR) is 140 cm³/mol. The lowest BCUT2D eigenvalue weighted by atomic mass is 9.86. The molecule has 1 aromatic carbocycles. The fourth-order valence-corrected chi connectivity index (χ4v) is 5.91. The largest absolute Gasteiger partial charge is 0.398 e. The number of pyridine rings is 1. The zero-order valence-electron chi connectivity index (χ0n) is 19.5. The summed E-state index contributed by atoms with van der Waals surface area (Å²) >= 11 is 1.65. The molecule has 178 valence electrons. The molecule has 0 spiro atoms. The highest BCUT2D eigenvalue weighted by Gasteiger charge is 2.31. The fourth-order valence-electron chi connectivity index (χ4n) is 4.64. The zero-order chi connectivity index (χ0) is 24.4. The summed E-state index contributed by atoms with van der Waals surface area (Å²) in [6, 6.07) is 9.42. The molecule has 9 heteroatoms. The monoisotopic (exact) mass is 485 g/mol. The van der Waals surface area contributed by atoms with Crippen molar-refractivity contribution in [1.82, 2.24) is 19.9 Å². The van der Waals surface area contributed by atoms with E-state index in [-0.39, 0.29) is 11.8 Å². The number of amides is 1. The van der Waals surface area contributed by atoms with Crippen LogP contribution >= 0.6 is 11.3 Å². The van der Waals surface area contributed by atoms with Gasteiger partial charge in [0.05, 0.1) is 5.39 Å². The summed E-state index contributed by atoms with van der Waals surface area (Å²) < 4.78 is 0. The number of carbonyl (C=O) groups excluding carboxylic acids is 1. The standard InChI is InChI=1S/C26H27N7OS/c1-2-33(14-16-7-9-29-10-8-16)26(34)17-3-5-20-22(12-17)35-25-23(20)24(30-15-31-25)32-19-4-6-21(28)18(11-19)13-27/h4,6-11,13,15,17,27H,2-3,5,12,14,28H2,1H3,(H,30,31,32). The van der Waals surface area contributed by atoms with Gasteiger partial charge >= 0.3 is 0 Å². The first-order valence-corrected chi connectivity index (χ1v) is 12.5. The maximum Gasteiger partial charge on any atom is 0.226 e. The number of aromatic nitrogens is 3. The van der Waals surface area contributed by atoms with Crippen molar-refractivity contribution >= 4 is 50.9 Å². The number of thiophene rings is 1. The van der Waals surface area contributed by atoms with Gasteiger partial charge in [0.25, 0.3) is 0 Å². The van der Waals surface area contributed by atoms with E-state index in [0.29, 0.717) is 24.3 Å². The van der Waals surface area contributed by atoms with Crippen LogP contribution in [-0.2, 0) is 24.2 Å². The number of anilines is 3. The quantitative estimate of drug-likeness (QED) is 0.261. The van der Waals surface area contributed by atoms with Crippen LogP contribution < -0.4 is 11.1 Å². The number of fused-ring (bicyclic) bond motifs is 3. The average Bonchev–Trinajstić information content (AvgIpc) is 3.27. The second kappa shape index (κ2) is 9.79. The van der Waals surface area contributed by atoms with Crippen molar-refractivity contribution in [3.8, 4) is 0 Å². The molecular formula is C26H27N7OS. The molecule has 0 saturated heterocycles. The van der Waals surface area contributed by atoms with Crippen molar-refractivity contribution < 1.29 is 4.79 Å². The molecule has 1 aliphatic rings. The van der Waals surface area contributed by atoms with Gasteiger partial charge in [-0.2, -0.15) is 0 Å². The Morgan fingerprint density at radius 3 is 2.89 bits per heavy atom. The smallest absolute Gasteiger partial charge is 0.226 e. The van der Waals surface area contributed by atoms with Crippen LogP contribution in [0, 0.1) is 11.3 Å². The van der Waals surface area contributed by atoms with E-state index in [2.05, 4.69) is 20.3 Å². The average molecular weight is 486 g/mol. The number of rotatable bonds is 7. The molecule has 1 aliphatic carbocycles. The summed E-state index contributed by atoms with van der Waals surface area (Å²) in [6.45, 7) is 3.31. The van der Waals surface area contributed by atoms with Crippen molar-refractivity contribution in [2.45, 2.75) is 32.7 Å². The Hall–Kier alpha value is -3.85. The molecule has 35 heavy (non-hydrogen) atoms. The Balaban J connectivity index is 1.39. The summed E-state index contributed by atoms with van der Waals surface area (Å²) in [4.78, 5) is 30.6. The second-order valence-corrected chi connectivity index (χ2v) is 9.75. The van der Waals surface area contributed by atoms with Crippen LogP contribution in [0.4, 0.5) is 17.2 Å². The number of nitrogens with one attached hydrogen (secondary N) is 2. The van der Waals surface area contributed by atoms with Gasteiger partial charge in [-0.25, -0.2) is 9.97 Å². The lowest BCUT2D eigenvalue weighted by molar-refractivity contribution is -0.136. The van der Waals surface area contributed by atoms with Gasteiger partial charge < -0.3 is 21.4 Å². The maximum absolute atomic E-state index is 13.4. The first kappa shape index (κ1) is 22.9. The Labute approximate surface area is 207 Å². The van der Waals surface area contributed by atoms with Gasteiger partial charge in [0.2, 0.25) is 5.91 Å². The van der Waals surface area contributed by atoms with E-state index in [9.17, 15) is 4.79 Å². The molecule has 8 nitrogen and oxygen atoms in total. The number of carbonyl (C=O) groups is 1. The van der Waals surface area contributed by atoms with Gasteiger partial charge in [0.1, 0.15) is 17.0 Å². The fraction of sp³-hybridized carbons (Fsp3) is 0.269. The van der Waals surface area contributed by atoms with Gasteiger partial charge in [-0.1, -0.05) is 0 Å². The van der Waals surface area contributed by atoms with Gasteiger partial charge in [-0.3, -0.25) is 9.78 Å². The summed E-state index contributed by atoms with van der Waals surface area (Å²) in [6.07, 6.45) is 8.68. The molecule has 1 amide bonds. The number of aryl methyl sites for hydroxylation is 1. The van der Waals surface area contributed by atoms with E-state index in [0.717, 1.165) is 46.5 Å². The number of hydrogen-bond acceptors (Lipinski definition) is 8. The lowest BCUT2D eigenvalue weighted by Crippen LogP contribution is -2.37. The van der Waals surface area contributed by atoms with E-state index < -0.39 is 0 Å². The van der Waals surface area contributed by atoms with Crippen LogP contribution in [0.25, 0.3) is 10.2 Å². The molecule has 4 N–H and O–H groups in total. The third kappa shape index (κ3) is 4.59. The number of benzene rings is 1. The topological polar surface area (TPSA) is 121 Å². The van der Waals surface area contributed by atoms with Crippen molar-refractivity contribution in [3.63, 3.8) is 0 Å². The minimum absolute atomic E-state index is 0.0334. The highest BCUT2D eigenvalue weighted by Crippen LogP contribution is 2.41. The molecule has 3 heterocycles. The molecule has 3 aromatic heterocycles.